The molecule has 0 aliphatic carbocycles. The zero-order valence-corrected chi connectivity index (χ0v) is 11.4. The monoisotopic (exact) mass is 263 g/mol. The highest BCUT2D eigenvalue weighted by Crippen LogP contribution is 2.31. The van der Waals surface area contributed by atoms with Crippen LogP contribution >= 0.6 is 0 Å². The molecular formula is C14H21N3O2. The minimum Gasteiger partial charge on any atom is -0.397 e. The van der Waals surface area contributed by atoms with Crippen LogP contribution in [0.4, 0.5) is 17.1 Å². The summed E-state index contributed by atoms with van der Waals surface area (Å²) in [6.45, 7) is 3.78. The standard InChI is InChI=1S/C14H21N3O2/c1-8(5-9(2)18)16-13-6-10-3-4-14(19)17-12(10)7-11(13)15/h6-9,16,18H,3-5,15H2,1-2H3,(H,17,19). The van der Waals surface area contributed by atoms with Crippen LogP contribution in [0.2, 0.25) is 0 Å². The van der Waals surface area contributed by atoms with Crippen LogP contribution in [-0.4, -0.2) is 23.2 Å². The molecule has 1 aromatic carbocycles. The second-order valence-corrected chi connectivity index (χ2v) is 5.27. The number of rotatable bonds is 4. The van der Waals surface area contributed by atoms with Crippen LogP contribution in [-0.2, 0) is 11.2 Å². The summed E-state index contributed by atoms with van der Waals surface area (Å²) in [5.41, 5.74) is 9.37. The lowest BCUT2D eigenvalue weighted by atomic mass is 10.0. The number of hydrogen-bond donors (Lipinski definition) is 4. The van der Waals surface area contributed by atoms with Gasteiger partial charge >= 0.3 is 0 Å². The van der Waals surface area contributed by atoms with E-state index in [4.69, 9.17) is 5.73 Å². The number of nitrogen functional groups attached to an aromatic ring is 1. The molecule has 1 heterocycles. The third-order valence-electron chi connectivity index (χ3n) is 3.27. The molecular weight excluding hydrogens is 242 g/mol. The van der Waals surface area contributed by atoms with Crippen molar-refractivity contribution in [2.45, 2.75) is 45.3 Å². The van der Waals surface area contributed by atoms with E-state index in [0.29, 0.717) is 18.5 Å². The molecule has 5 N–H and O–H groups in total. The molecule has 0 bridgehead atoms. The van der Waals surface area contributed by atoms with Gasteiger partial charge in [-0.05, 0) is 44.4 Å². The Morgan fingerprint density at radius 1 is 1.42 bits per heavy atom. The van der Waals surface area contributed by atoms with Crippen molar-refractivity contribution in [3.8, 4) is 0 Å². The Labute approximate surface area is 113 Å². The summed E-state index contributed by atoms with van der Waals surface area (Å²) in [4.78, 5) is 11.3. The average Bonchev–Trinajstić information content (AvgIpc) is 2.29. The molecule has 1 aliphatic heterocycles. The van der Waals surface area contributed by atoms with E-state index in [1.165, 1.54) is 0 Å². The summed E-state index contributed by atoms with van der Waals surface area (Å²) in [5, 5.41) is 15.5. The predicted octanol–water partition coefficient (Wildman–Crippen LogP) is 1.72. The molecule has 0 spiro atoms. The predicted molar refractivity (Wildman–Crippen MR) is 77.2 cm³/mol. The molecule has 0 radical (unpaired) electrons. The molecule has 1 aromatic rings. The van der Waals surface area contributed by atoms with E-state index in [2.05, 4.69) is 10.6 Å². The normalized spacial score (nSPS) is 17.3. The lowest BCUT2D eigenvalue weighted by molar-refractivity contribution is -0.116. The lowest BCUT2D eigenvalue weighted by Crippen LogP contribution is -2.23. The quantitative estimate of drug-likeness (QED) is 0.623. The summed E-state index contributed by atoms with van der Waals surface area (Å²) < 4.78 is 0. The van der Waals surface area contributed by atoms with Crippen molar-refractivity contribution in [1.82, 2.24) is 0 Å². The molecule has 0 aromatic heterocycles. The first kappa shape index (κ1) is 13.7. The topological polar surface area (TPSA) is 87.4 Å². The van der Waals surface area contributed by atoms with Gasteiger partial charge in [0.05, 0.1) is 17.5 Å². The van der Waals surface area contributed by atoms with Gasteiger partial charge in [0.2, 0.25) is 5.91 Å². The highest BCUT2D eigenvalue weighted by molar-refractivity contribution is 5.95. The Balaban J connectivity index is 2.16. The maximum atomic E-state index is 11.3. The van der Waals surface area contributed by atoms with Crippen LogP contribution in [0.5, 0.6) is 0 Å². The minimum absolute atomic E-state index is 0.0371. The molecule has 104 valence electrons. The van der Waals surface area contributed by atoms with Gasteiger partial charge in [0.15, 0.2) is 0 Å². The van der Waals surface area contributed by atoms with Crippen LogP contribution < -0.4 is 16.4 Å². The fraction of sp³-hybridized carbons (Fsp3) is 0.500. The van der Waals surface area contributed by atoms with Crippen LogP contribution in [0.1, 0.15) is 32.3 Å². The van der Waals surface area contributed by atoms with E-state index in [1.54, 1.807) is 13.0 Å². The van der Waals surface area contributed by atoms with Crippen LogP contribution in [0.15, 0.2) is 12.1 Å². The van der Waals surface area contributed by atoms with E-state index < -0.39 is 0 Å². The molecule has 2 atom stereocenters. The van der Waals surface area contributed by atoms with Gasteiger partial charge in [0.25, 0.3) is 0 Å². The van der Waals surface area contributed by atoms with Gasteiger partial charge in [0, 0.05) is 18.2 Å². The zero-order chi connectivity index (χ0) is 14.0. The molecule has 5 nitrogen and oxygen atoms in total. The van der Waals surface area contributed by atoms with E-state index in [0.717, 1.165) is 23.4 Å². The van der Waals surface area contributed by atoms with Crippen molar-refractivity contribution in [3.63, 3.8) is 0 Å². The Kier molecular flexibility index (Phi) is 3.95. The van der Waals surface area contributed by atoms with Gasteiger partial charge in [-0.1, -0.05) is 0 Å². The number of anilines is 3. The van der Waals surface area contributed by atoms with Gasteiger partial charge < -0.3 is 21.5 Å². The zero-order valence-electron chi connectivity index (χ0n) is 11.4. The first-order valence-corrected chi connectivity index (χ1v) is 6.62. The fourth-order valence-corrected chi connectivity index (χ4v) is 2.41. The third kappa shape index (κ3) is 3.38. The number of carbonyl (C=O) groups is 1. The second-order valence-electron chi connectivity index (χ2n) is 5.27. The number of carbonyl (C=O) groups excluding carboxylic acids is 1. The summed E-state index contributed by atoms with van der Waals surface area (Å²) >= 11 is 0. The fourth-order valence-electron chi connectivity index (χ4n) is 2.41. The molecule has 2 rings (SSSR count). The Bertz CT molecular complexity index is 486. The van der Waals surface area contributed by atoms with Gasteiger partial charge in [-0.25, -0.2) is 0 Å². The van der Waals surface area contributed by atoms with E-state index in [9.17, 15) is 9.90 Å². The number of aliphatic hydroxyl groups excluding tert-OH is 1. The largest absolute Gasteiger partial charge is 0.397 e. The second kappa shape index (κ2) is 5.48. The van der Waals surface area contributed by atoms with Crippen molar-refractivity contribution < 1.29 is 9.90 Å². The summed E-state index contributed by atoms with van der Waals surface area (Å²) in [6.07, 6.45) is 1.56. The van der Waals surface area contributed by atoms with Crippen molar-refractivity contribution in [3.05, 3.63) is 17.7 Å². The number of nitrogens with two attached hydrogens (primary N) is 1. The Morgan fingerprint density at radius 2 is 2.16 bits per heavy atom. The Morgan fingerprint density at radius 3 is 2.84 bits per heavy atom. The summed E-state index contributed by atoms with van der Waals surface area (Å²) in [7, 11) is 0. The first-order valence-electron chi connectivity index (χ1n) is 6.62. The summed E-state index contributed by atoms with van der Waals surface area (Å²) in [6, 6.07) is 3.92. The van der Waals surface area contributed by atoms with Gasteiger partial charge in [-0.3, -0.25) is 4.79 Å². The van der Waals surface area contributed by atoms with Crippen molar-refractivity contribution in [2.24, 2.45) is 0 Å². The number of amides is 1. The molecule has 0 saturated heterocycles. The van der Waals surface area contributed by atoms with Crippen molar-refractivity contribution in [1.29, 1.82) is 0 Å². The minimum atomic E-state index is -0.347. The first-order chi connectivity index (χ1) is 8.95. The molecule has 1 aliphatic rings. The maximum Gasteiger partial charge on any atom is 0.224 e. The lowest BCUT2D eigenvalue weighted by Gasteiger charge is -2.22. The average molecular weight is 263 g/mol. The van der Waals surface area contributed by atoms with E-state index in [1.807, 2.05) is 13.0 Å². The SMILES string of the molecule is CC(O)CC(C)Nc1cc2c(cc1N)NC(=O)CC2. The highest BCUT2D eigenvalue weighted by atomic mass is 16.3. The van der Waals surface area contributed by atoms with Crippen LogP contribution in [0.3, 0.4) is 0 Å². The number of benzene rings is 1. The molecule has 0 fully saturated rings. The van der Waals surface area contributed by atoms with Crippen LogP contribution in [0.25, 0.3) is 0 Å². The number of fused-ring (bicyclic) bond motifs is 1. The summed E-state index contributed by atoms with van der Waals surface area (Å²) in [5.74, 6) is 0.0371. The highest BCUT2D eigenvalue weighted by Gasteiger charge is 2.17. The molecule has 0 saturated carbocycles. The Hall–Kier alpha value is -1.75. The van der Waals surface area contributed by atoms with E-state index >= 15 is 0 Å². The number of aliphatic hydroxyl groups is 1. The number of aryl methyl sites for hydroxylation is 1. The van der Waals surface area contributed by atoms with Crippen molar-refractivity contribution >= 4 is 23.0 Å². The van der Waals surface area contributed by atoms with Gasteiger partial charge in [-0.2, -0.15) is 0 Å². The van der Waals surface area contributed by atoms with Crippen LogP contribution in [0, 0.1) is 0 Å². The molecule has 5 heteroatoms. The number of nitrogens with one attached hydrogen (secondary N) is 2. The van der Waals surface area contributed by atoms with Crippen molar-refractivity contribution in [2.75, 3.05) is 16.4 Å². The smallest absolute Gasteiger partial charge is 0.224 e. The van der Waals surface area contributed by atoms with Gasteiger partial charge in [-0.15, -0.1) is 0 Å². The molecule has 1 amide bonds. The molecule has 19 heavy (non-hydrogen) atoms. The van der Waals surface area contributed by atoms with E-state index in [-0.39, 0.29) is 18.1 Å². The number of hydrogen-bond acceptors (Lipinski definition) is 4. The third-order valence-corrected chi connectivity index (χ3v) is 3.27. The molecule has 2 unspecified atom stereocenters. The van der Waals surface area contributed by atoms with Gasteiger partial charge in [0.1, 0.15) is 0 Å². The maximum absolute atomic E-state index is 11.3.